The van der Waals surface area contributed by atoms with Crippen LogP contribution in [-0.4, -0.2) is 37.1 Å². The van der Waals surface area contributed by atoms with Gasteiger partial charge in [-0.2, -0.15) is 4.80 Å². The molecule has 2 aromatic rings. The van der Waals surface area contributed by atoms with Crippen molar-refractivity contribution in [1.82, 2.24) is 25.1 Å². The quantitative estimate of drug-likeness (QED) is 0.841. The number of hydrogen-bond acceptors (Lipinski definition) is 4. The van der Waals surface area contributed by atoms with Crippen LogP contribution in [0.5, 0.6) is 0 Å². The average molecular weight is 337 g/mol. The fraction of sp³-hybridized carbons (Fsp3) is 0.474. The number of nitrogens with zero attached hydrogens (tertiary/aromatic N) is 5. The lowest BCUT2D eigenvalue weighted by Gasteiger charge is -2.27. The summed E-state index contributed by atoms with van der Waals surface area (Å²) in [6.07, 6.45) is 8.90. The van der Waals surface area contributed by atoms with Crippen LogP contribution in [0.1, 0.15) is 44.1 Å². The summed E-state index contributed by atoms with van der Waals surface area (Å²) in [5, 5.41) is 12.6. The van der Waals surface area contributed by atoms with Crippen LogP contribution in [0.15, 0.2) is 36.0 Å². The van der Waals surface area contributed by atoms with E-state index in [0.29, 0.717) is 11.9 Å². The molecule has 1 saturated carbocycles. The van der Waals surface area contributed by atoms with Crippen molar-refractivity contribution in [3.8, 4) is 11.4 Å². The van der Waals surface area contributed by atoms with Gasteiger partial charge in [0.15, 0.2) is 0 Å². The van der Waals surface area contributed by atoms with Gasteiger partial charge in [0.2, 0.25) is 5.82 Å². The topological polar surface area (TPSA) is 63.9 Å². The summed E-state index contributed by atoms with van der Waals surface area (Å²) in [6, 6.07) is 8.31. The Morgan fingerprint density at radius 3 is 2.84 bits per heavy atom. The molecule has 6 heteroatoms. The fourth-order valence-corrected chi connectivity index (χ4v) is 3.41. The number of carbonyl (C=O) groups excluding carboxylic acids is 1. The summed E-state index contributed by atoms with van der Waals surface area (Å²) in [5.41, 5.74) is 3.24. The standard InChI is InChI=1S/C19H23N5O/c1-14-7-5-6-10-17(14)19-20-22-23(21-19)13-18(25)24(16-11-12-16)15-8-3-2-4-9-15/h5-8,10,16H,2-4,9,11-13H2,1H3. The van der Waals surface area contributed by atoms with Gasteiger partial charge in [-0.1, -0.05) is 30.3 Å². The third kappa shape index (κ3) is 3.48. The average Bonchev–Trinajstić information content (AvgIpc) is 3.35. The van der Waals surface area contributed by atoms with Gasteiger partial charge < -0.3 is 4.90 Å². The lowest BCUT2D eigenvalue weighted by molar-refractivity contribution is -0.131. The predicted molar refractivity (Wildman–Crippen MR) is 94.4 cm³/mol. The molecule has 2 aliphatic rings. The fourth-order valence-electron chi connectivity index (χ4n) is 3.41. The van der Waals surface area contributed by atoms with E-state index >= 15 is 0 Å². The van der Waals surface area contributed by atoms with Gasteiger partial charge in [-0.25, -0.2) is 0 Å². The van der Waals surface area contributed by atoms with Crippen molar-refractivity contribution in [1.29, 1.82) is 0 Å². The smallest absolute Gasteiger partial charge is 0.250 e. The summed E-state index contributed by atoms with van der Waals surface area (Å²) < 4.78 is 0. The maximum Gasteiger partial charge on any atom is 0.250 e. The number of aromatic nitrogens is 4. The number of rotatable bonds is 5. The highest BCUT2D eigenvalue weighted by Gasteiger charge is 2.35. The largest absolute Gasteiger partial charge is 0.312 e. The van der Waals surface area contributed by atoms with Crippen molar-refractivity contribution in [2.45, 2.75) is 58.0 Å². The van der Waals surface area contributed by atoms with Crippen molar-refractivity contribution in [2.24, 2.45) is 0 Å². The SMILES string of the molecule is Cc1ccccc1-c1nnn(CC(=O)N(C2=CCCCC2)C2CC2)n1. The van der Waals surface area contributed by atoms with Crippen LogP contribution >= 0.6 is 0 Å². The van der Waals surface area contributed by atoms with E-state index in [1.54, 1.807) is 0 Å². The molecule has 25 heavy (non-hydrogen) atoms. The van der Waals surface area contributed by atoms with Crippen molar-refractivity contribution in [2.75, 3.05) is 0 Å². The number of allylic oxidation sites excluding steroid dienone is 2. The van der Waals surface area contributed by atoms with Crippen molar-refractivity contribution in [3.05, 3.63) is 41.6 Å². The second kappa shape index (κ2) is 6.78. The first-order valence-corrected chi connectivity index (χ1v) is 9.07. The first-order valence-electron chi connectivity index (χ1n) is 9.07. The van der Waals surface area contributed by atoms with Gasteiger partial charge in [-0.15, -0.1) is 10.2 Å². The Balaban J connectivity index is 1.51. The van der Waals surface area contributed by atoms with Crippen molar-refractivity contribution < 1.29 is 4.79 Å². The number of carbonyl (C=O) groups is 1. The van der Waals surface area contributed by atoms with Gasteiger partial charge in [-0.05, 0) is 56.2 Å². The molecule has 6 nitrogen and oxygen atoms in total. The van der Waals surface area contributed by atoms with E-state index in [1.807, 2.05) is 36.1 Å². The molecule has 0 atom stereocenters. The molecule has 1 heterocycles. The van der Waals surface area contributed by atoms with Crippen molar-refractivity contribution in [3.63, 3.8) is 0 Å². The molecule has 1 aromatic carbocycles. The molecule has 0 N–H and O–H groups in total. The first-order chi connectivity index (χ1) is 12.2. The molecule has 130 valence electrons. The van der Waals surface area contributed by atoms with Crippen LogP contribution in [0, 0.1) is 6.92 Å². The lowest BCUT2D eigenvalue weighted by atomic mass is 10.0. The van der Waals surface area contributed by atoms with E-state index in [-0.39, 0.29) is 12.5 Å². The zero-order chi connectivity index (χ0) is 17.2. The minimum Gasteiger partial charge on any atom is -0.312 e. The van der Waals surface area contributed by atoms with E-state index in [2.05, 4.69) is 21.5 Å². The molecule has 0 radical (unpaired) electrons. The third-order valence-corrected chi connectivity index (χ3v) is 4.87. The third-order valence-electron chi connectivity index (χ3n) is 4.87. The molecule has 0 aliphatic heterocycles. The van der Waals surface area contributed by atoms with Crippen molar-refractivity contribution >= 4 is 5.91 Å². The van der Waals surface area contributed by atoms with Gasteiger partial charge in [-0.3, -0.25) is 4.79 Å². The number of amides is 1. The molecule has 1 amide bonds. The molecule has 2 aliphatic carbocycles. The van der Waals surface area contributed by atoms with Crippen LogP contribution < -0.4 is 0 Å². The summed E-state index contributed by atoms with van der Waals surface area (Å²) in [5.74, 6) is 0.644. The molecular weight excluding hydrogens is 314 g/mol. The van der Waals surface area contributed by atoms with Gasteiger partial charge in [0, 0.05) is 17.3 Å². The Labute approximate surface area is 147 Å². The summed E-state index contributed by atoms with van der Waals surface area (Å²) >= 11 is 0. The number of tetrazole rings is 1. The molecule has 0 unspecified atom stereocenters. The highest BCUT2D eigenvalue weighted by molar-refractivity contribution is 5.78. The minimum absolute atomic E-state index is 0.0735. The Morgan fingerprint density at radius 2 is 2.12 bits per heavy atom. The van der Waals surface area contributed by atoms with E-state index in [4.69, 9.17) is 0 Å². The monoisotopic (exact) mass is 337 g/mol. The Morgan fingerprint density at radius 1 is 1.28 bits per heavy atom. The van der Waals surface area contributed by atoms with E-state index in [0.717, 1.165) is 36.8 Å². The second-order valence-corrected chi connectivity index (χ2v) is 6.89. The van der Waals surface area contributed by atoms with Gasteiger partial charge >= 0.3 is 0 Å². The van der Waals surface area contributed by atoms with Crippen LogP contribution in [0.25, 0.3) is 11.4 Å². The molecule has 0 spiro atoms. The lowest BCUT2D eigenvalue weighted by Crippen LogP contribution is -2.36. The van der Waals surface area contributed by atoms with Crippen LogP contribution in [0.3, 0.4) is 0 Å². The highest BCUT2D eigenvalue weighted by atomic mass is 16.2. The molecule has 0 saturated heterocycles. The molecular formula is C19H23N5O. The number of hydrogen-bond donors (Lipinski definition) is 0. The molecule has 1 fully saturated rings. The Bertz CT molecular complexity index is 806. The number of aryl methyl sites for hydroxylation is 1. The van der Waals surface area contributed by atoms with Gasteiger partial charge in [0.1, 0.15) is 6.54 Å². The normalized spacial score (nSPS) is 17.2. The van der Waals surface area contributed by atoms with Crippen LogP contribution in [0.2, 0.25) is 0 Å². The van der Waals surface area contributed by atoms with Gasteiger partial charge in [0.05, 0.1) is 0 Å². The molecule has 0 bridgehead atoms. The summed E-state index contributed by atoms with van der Waals surface area (Å²) in [4.78, 5) is 16.3. The highest BCUT2D eigenvalue weighted by Crippen LogP contribution is 2.33. The summed E-state index contributed by atoms with van der Waals surface area (Å²) in [7, 11) is 0. The zero-order valence-electron chi connectivity index (χ0n) is 14.6. The van der Waals surface area contributed by atoms with E-state index in [9.17, 15) is 4.79 Å². The molecule has 4 rings (SSSR count). The Hall–Kier alpha value is -2.50. The number of benzene rings is 1. The van der Waals surface area contributed by atoms with Gasteiger partial charge in [0.25, 0.3) is 5.91 Å². The predicted octanol–water partition coefficient (Wildman–Crippen LogP) is 3.10. The van der Waals surface area contributed by atoms with Crippen LogP contribution in [0.4, 0.5) is 0 Å². The Kier molecular flexibility index (Phi) is 4.34. The molecule has 1 aromatic heterocycles. The second-order valence-electron chi connectivity index (χ2n) is 6.89. The maximum absolute atomic E-state index is 12.9. The maximum atomic E-state index is 12.9. The van der Waals surface area contributed by atoms with E-state index < -0.39 is 0 Å². The first kappa shape index (κ1) is 16.0. The van der Waals surface area contributed by atoms with E-state index in [1.165, 1.54) is 23.3 Å². The zero-order valence-corrected chi connectivity index (χ0v) is 14.6. The minimum atomic E-state index is 0.0735. The van der Waals surface area contributed by atoms with Crippen LogP contribution in [-0.2, 0) is 11.3 Å². The summed E-state index contributed by atoms with van der Waals surface area (Å²) in [6.45, 7) is 2.16.